The van der Waals surface area contributed by atoms with Crippen molar-refractivity contribution in [3.05, 3.63) is 0 Å². The number of halogens is 3. The van der Waals surface area contributed by atoms with Crippen LogP contribution in [0.5, 0.6) is 0 Å². The molecule has 0 amide bonds. The van der Waals surface area contributed by atoms with Crippen LogP contribution in [0.15, 0.2) is 0 Å². The Morgan fingerprint density at radius 3 is 2.39 bits per heavy atom. The third-order valence-electron chi connectivity index (χ3n) is 4.48. The minimum atomic E-state index is -3.99. The van der Waals surface area contributed by atoms with Gasteiger partial charge in [0.05, 0.1) is 0 Å². The number of alkyl halides is 3. The van der Waals surface area contributed by atoms with Crippen LogP contribution < -0.4 is 5.32 Å². The van der Waals surface area contributed by atoms with Gasteiger partial charge < -0.3 is 5.32 Å². The van der Waals surface area contributed by atoms with Gasteiger partial charge in [0.25, 0.3) is 0 Å². The number of hydrogen-bond donors (Lipinski definition) is 1. The van der Waals surface area contributed by atoms with E-state index in [1.165, 1.54) is 19.3 Å². The second-order valence-electron chi connectivity index (χ2n) is 6.06. The molecule has 18 heavy (non-hydrogen) atoms. The van der Waals surface area contributed by atoms with Crippen LogP contribution in [0.25, 0.3) is 0 Å². The van der Waals surface area contributed by atoms with E-state index in [1.54, 1.807) is 0 Å². The van der Waals surface area contributed by atoms with Crippen molar-refractivity contribution in [2.24, 2.45) is 17.8 Å². The molecule has 0 saturated heterocycles. The van der Waals surface area contributed by atoms with Gasteiger partial charge in [0.15, 0.2) is 0 Å². The van der Waals surface area contributed by atoms with Crippen LogP contribution in [-0.4, -0.2) is 18.8 Å². The van der Waals surface area contributed by atoms with E-state index in [0.717, 1.165) is 24.8 Å². The van der Waals surface area contributed by atoms with Crippen LogP contribution in [-0.2, 0) is 0 Å². The van der Waals surface area contributed by atoms with Crippen LogP contribution in [0.3, 0.4) is 0 Å². The fraction of sp³-hybridized carbons (Fsp3) is 1.00. The number of nitrogens with one attached hydrogen (secondary N) is 1. The summed E-state index contributed by atoms with van der Waals surface area (Å²) < 4.78 is 36.6. The van der Waals surface area contributed by atoms with Crippen molar-refractivity contribution in [1.82, 2.24) is 5.32 Å². The Balaban J connectivity index is 1.73. The lowest BCUT2D eigenvalue weighted by Gasteiger charge is -2.26. The molecule has 106 valence electrons. The molecule has 1 N–H and O–H groups in total. The minimum absolute atomic E-state index is 0.275. The molecule has 3 unspecified atom stereocenters. The highest BCUT2D eigenvalue weighted by Crippen LogP contribution is 2.55. The molecule has 0 aromatic carbocycles. The Kier molecular flexibility index (Phi) is 4.57. The van der Waals surface area contributed by atoms with E-state index >= 15 is 0 Å². The summed E-state index contributed by atoms with van der Waals surface area (Å²) in [6, 6.07) is 0.320. The van der Waals surface area contributed by atoms with Gasteiger partial charge >= 0.3 is 6.18 Å². The van der Waals surface area contributed by atoms with Crippen LogP contribution in [0.4, 0.5) is 13.2 Å². The maximum Gasteiger partial charge on any atom is 0.389 e. The largest absolute Gasteiger partial charge is 0.389 e. The maximum absolute atomic E-state index is 12.2. The van der Waals surface area contributed by atoms with Gasteiger partial charge in [-0.2, -0.15) is 13.2 Å². The molecule has 0 aromatic rings. The van der Waals surface area contributed by atoms with Gasteiger partial charge in [-0.25, -0.2) is 0 Å². The Morgan fingerprint density at radius 1 is 1.17 bits per heavy atom. The Bertz CT molecular complexity index is 254. The van der Waals surface area contributed by atoms with Crippen molar-refractivity contribution in [3.8, 4) is 0 Å². The van der Waals surface area contributed by atoms with E-state index < -0.39 is 12.6 Å². The van der Waals surface area contributed by atoms with E-state index in [9.17, 15) is 13.2 Å². The van der Waals surface area contributed by atoms with E-state index in [2.05, 4.69) is 12.2 Å². The predicted molar refractivity (Wildman–Crippen MR) is 66.3 cm³/mol. The molecule has 0 aromatic heterocycles. The molecule has 2 aliphatic rings. The molecular weight excluding hydrogens is 239 g/mol. The van der Waals surface area contributed by atoms with Crippen LogP contribution >= 0.6 is 0 Å². The van der Waals surface area contributed by atoms with Gasteiger partial charge in [0.1, 0.15) is 0 Å². The molecule has 2 saturated carbocycles. The van der Waals surface area contributed by atoms with E-state index in [0.29, 0.717) is 18.4 Å². The summed E-state index contributed by atoms with van der Waals surface area (Å²) in [4.78, 5) is 0. The lowest BCUT2D eigenvalue weighted by Crippen LogP contribution is -2.36. The first kappa shape index (κ1) is 14.2. The third kappa shape index (κ3) is 4.15. The Hall–Kier alpha value is -0.250. The number of fused-ring (bicyclic) bond motifs is 1. The SMILES string of the molecule is CCCNC(CCCC(F)(F)F)C1CC2CC2C1. The first-order chi connectivity index (χ1) is 8.49. The van der Waals surface area contributed by atoms with Crippen molar-refractivity contribution in [2.45, 2.75) is 64.1 Å². The van der Waals surface area contributed by atoms with E-state index in [4.69, 9.17) is 0 Å². The van der Waals surface area contributed by atoms with Gasteiger partial charge in [-0.15, -0.1) is 0 Å². The Morgan fingerprint density at radius 2 is 1.83 bits per heavy atom. The number of rotatable bonds is 7. The predicted octanol–water partition coefficient (Wildman–Crippen LogP) is 4.13. The minimum Gasteiger partial charge on any atom is -0.314 e. The van der Waals surface area contributed by atoms with Crippen LogP contribution in [0.2, 0.25) is 0 Å². The zero-order valence-corrected chi connectivity index (χ0v) is 11.1. The summed E-state index contributed by atoms with van der Waals surface area (Å²) in [6.07, 6.45) is 1.26. The fourth-order valence-corrected chi connectivity index (χ4v) is 3.45. The second-order valence-corrected chi connectivity index (χ2v) is 6.06. The van der Waals surface area contributed by atoms with Gasteiger partial charge in [0.2, 0.25) is 0 Å². The van der Waals surface area contributed by atoms with Gasteiger partial charge in [-0.3, -0.25) is 0 Å². The summed E-state index contributed by atoms with van der Waals surface area (Å²) in [7, 11) is 0. The molecule has 0 radical (unpaired) electrons. The molecule has 0 spiro atoms. The lowest BCUT2D eigenvalue weighted by molar-refractivity contribution is -0.136. The van der Waals surface area contributed by atoms with Crippen molar-refractivity contribution in [2.75, 3.05) is 6.54 Å². The van der Waals surface area contributed by atoms with Crippen molar-refractivity contribution in [1.29, 1.82) is 0 Å². The molecule has 0 aliphatic heterocycles. The summed E-state index contributed by atoms with van der Waals surface area (Å²) >= 11 is 0. The van der Waals surface area contributed by atoms with Gasteiger partial charge in [0, 0.05) is 12.5 Å². The molecule has 0 bridgehead atoms. The summed E-state index contributed by atoms with van der Waals surface area (Å²) in [5.74, 6) is 2.45. The molecule has 2 rings (SSSR count). The van der Waals surface area contributed by atoms with Gasteiger partial charge in [-0.05, 0) is 62.8 Å². The third-order valence-corrected chi connectivity index (χ3v) is 4.48. The molecule has 2 aliphatic carbocycles. The zero-order valence-electron chi connectivity index (χ0n) is 11.1. The average Bonchev–Trinajstić information content (AvgIpc) is 2.89. The molecule has 0 heterocycles. The monoisotopic (exact) mass is 263 g/mol. The second kappa shape index (κ2) is 5.81. The molecule has 4 heteroatoms. The molecule has 1 nitrogen and oxygen atoms in total. The maximum atomic E-state index is 12.2. The Labute approximate surface area is 108 Å². The average molecular weight is 263 g/mol. The smallest absolute Gasteiger partial charge is 0.314 e. The molecule has 2 fully saturated rings. The quantitative estimate of drug-likeness (QED) is 0.728. The fourth-order valence-electron chi connectivity index (χ4n) is 3.45. The molecule has 3 atom stereocenters. The standard InChI is InChI=1S/C14H24F3N/c1-2-6-18-13(4-3-5-14(15,16)17)12-8-10-7-11(10)9-12/h10-13,18H,2-9H2,1H3. The first-order valence-electron chi connectivity index (χ1n) is 7.29. The van der Waals surface area contributed by atoms with E-state index in [-0.39, 0.29) is 6.42 Å². The van der Waals surface area contributed by atoms with Crippen molar-refractivity contribution in [3.63, 3.8) is 0 Å². The summed E-state index contributed by atoms with van der Waals surface area (Å²) in [5, 5.41) is 3.47. The van der Waals surface area contributed by atoms with Crippen LogP contribution in [0, 0.1) is 17.8 Å². The normalized spacial score (nSPS) is 32.3. The van der Waals surface area contributed by atoms with Crippen molar-refractivity contribution >= 4 is 0 Å². The van der Waals surface area contributed by atoms with Crippen LogP contribution in [0.1, 0.15) is 51.9 Å². The van der Waals surface area contributed by atoms with E-state index in [1.807, 2.05) is 0 Å². The topological polar surface area (TPSA) is 12.0 Å². The van der Waals surface area contributed by atoms with Gasteiger partial charge in [-0.1, -0.05) is 6.92 Å². The highest BCUT2D eigenvalue weighted by Gasteiger charge is 2.47. The number of hydrogen-bond acceptors (Lipinski definition) is 1. The summed E-state index contributed by atoms with van der Waals surface area (Å²) in [5.41, 5.74) is 0. The first-order valence-corrected chi connectivity index (χ1v) is 7.29. The zero-order chi connectivity index (χ0) is 13.2. The highest BCUT2D eigenvalue weighted by atomic mass is 19.4. The summed E-state index contributed by atoms with van der Waals surface area (Å²) in [6.45, 7) is 3.04. The lowest BCUT2D eigenvalue weighted by atomic mass is 9.90. The van der Waals surface area contributed by atoms with Crippen molar-refractivity contribution < 1.29 is 13.2 Å². The highest BCUT2D eigenvalue weighted by molar-refractivity contribution is 4.99. The molecular formula is C14H24F3N.